The molecule has 0 aliphatic carbocycles. The van der Waals surface area contributed by atoms with Crippen LogP contribution in [0, 0.1) is 0 Å². The van der Waals surface area contributed by atoms with Crippen molar-refractivity contribution in [2.45, 2.75) is 45.1 Å². The first-order valence-electron chi connectivity index (χ1n) is 8.97. The van der Waals surface area contributed by atoms with Gasteiger partial charge in [0.25, 0.3) is 0 Å². The third kappa shape index (κ3) is 5.96. The predicted octanol–water partition coefficient (Wildman–Crippen LogP) is 2.76. The van der Waals surface area contributed by atoms with Crippen LogP contribution in [0.15, 0.2) is 24.3 Å². The number of carbonyl (C=O) groups excluding carboxylic acids is 2. The maximum Gasteiger partial charge on any atom is 0.317 e. The van der Waals surface area contributed by atoms with Crippen molar-refractivity contribution in [1.82, 2.24) is 10.2 Å². The second-order valence-electron chi connectivity index (χ2n) is 6.18. The predicted molar refractivity (Wildman–Crippen MR) is 95.7 cm³/mol. The molecule has 1 N–H and O–H groups in total. The summed E-state index contributed by atoms with van der Waals surface area (Å²) in [5.41, 5.74) is 1.14. The van der Waals surface area contributed by atoms with E-state index in [2.05, 4.69) is 5.32 Å². The lowest BCUT2D eigenvalue weighted by molar-refractivity contribution is -0.144. The van der Waals surface area contributed by atoms with Gasteiger partial charge < -0.3 is 19.7 Å². The van der Waals surface area contributed by atoms with Gasteiger partial charge in [0.1, 0.15) is 5.75 Å². The van der Waals surface area contributed by atoms with Crippen molar-refractivity contribution in [3.63, 3.8) is 0 Å². The number of nitrogens with one attached hydrogen (secondary N) is 1. The van der Waals surface area contributed by atoms with E-state index in [0.29, 0.717) is 19.7 Å². The van der Waals surface area contributed by atoms with Crippen molar-refractivity contribution in [2.24, 2.45) is 0 Å². The molecule has 1 fully saturated rings. The van der Waals surface area contributed by atoms with Gasteiger partial charge in [-0.2, -0.15) is 0 Å². The van der Waals surface area contributed by atoms with Crippen LogP contribution in [0.2, 0.25) is 0 Å². The highest BCUT2D eigenvalue weighted by Crippen LogP contribution is 2.20. The van der Waals surface area contributed by atoms with Crippen LogP contribution in [0.3, 0.4) is 0 Å². The molecule has 0 aromatic heterocycles. The van der Waals surface area contributed by atoms with Crippen LogP contribution < -0.4 is 10.1 Å². The van der Waals surface area contributed by atoms with Gasteiger partial charge in [0.05, 0.1) is 20.1 Å². The Balaban J connectivity index is 1.81. The van der Waals surface area contributed by atoms with E-state index in [0.717, 1.165) is 37.0 Å². The molecule has 2 amide bonds. The van der Waals surface area contributed by atoms with E-state index in [1.807, 2.05) is 24.3 Å². The maximum atomic E-state index is 12.5. The van der Waals surface area contributed by atoms with E-state index >= 15 is 0 Å². The molecule has 0 radical (unpaired) electrons. The Kier molecular flexibility index (Phi) is 7.57. The van der Waals surface area contributed by atoms with Gasteiger partial charge in [-0.3, -0.25) is 4.79 Å². The highest BCUT2D eigenvalue weighted by molar-refractivity contribution is 5.76. The first kappa shape index (κ1) is 19.1. The molecule has 1 aromatic carbocycles. The number of benzene rings is 1. The Morgan fingerprint density at radius 1 is 1.24 bits per heavy atom. The number of methoxy groups -OCH3 is 1. The number of esters is 1. The molecule has 1 aromatic rings. The van der Waals surface area contributed by atoms with Crippen LogP contribution in [0.5, 0.6) is 5.75 Å². The number of rotatable bonds is 7. The summed E-state index contributed by atoms with van der Waals surface area (Å²) in [6, 6.07) is 7.66. The molecule has 1 aliphatic heterocycles. The number of amides is 2. The number of likely N-dealkylation sites (tertiary alicyclic amines) is 1. The molecule has 0 spiro atoms. The van der Waals surface area contributed by atoms with Crippen molar-refractivity contribution >= 4 is 12.0 Å². The largest absolute Gasteiger partial charge is 0.497 e. The number of carbonyl (C=O) groups is 2. The zero-order chi connectivity index (χ0) is 18.1. The second-order valence-corrected chi connectivity index (χ2v) is 6.18. The summed E-state index contributed by atoms with van der Waals surface area (Å²) < 4.78 is 10.2. The lowest BCUT2D eigenvalue weighted by atomic mass is 10.00. The minimum atomic E-state index is -0.231. The third-order valence-corrected chi connectivity index (χ3v) is 4.44. The molecule has 138 valence electrons. The fraction of sp³-hybridized carbons (Fsp3) is 0.579. The van der Waals surface area contributed by atoms with Crippen LogP contribution in [-0.4, -0.2) is 49.7 Å². The Morgan fingerprint density at radius 2 is 2.00 bits per heavy atom. The average molecular weight is 348 g/mol. The first-order chi connectivity index (χ1) is 12.1. The quantitative estimate of drug-likeness (QED) is 0.770. The van der Waals surface area contributed by atoms with E-state index in [4.69, 9.17) is 9.47 Å². The lowest BCUT2D eigenvalue weighted by Crippen LogP contribution is -2.49. The SMILES string of the molecule is CCOC(=O)C[C@@H]1CCCCN1C(=O)NCCc1ccc(OC)cc1. The zero-order valence-corrected chi connectivity index (χ0v) is 15.1. The Labute approximate surface area is 149 Å². The lowest BCUT2D eigenvalue weighted by Gasteiger charge is -2.35. The van der Waals surface area contributed by atoms with Crippen molar-refractivity contribution in [2.75, 3.05) is 26.8 Å². The van der Waals surface area contributed by atoms with Crippen molar-refractivity contribution in [3.05, 3.63) is 29.8 Å². The van der Waals surface area contributed by atoms with Gasteiger partial charge in [0.15, 0.2) is 0 Å². The smallest absolute Gasteiger partial charge is 0.317 e. The van der Waals surface area contributed by atoms with E-state index in [1.165, 1.54) is 0 Å². The zero-order valence-electron chi connectivity index (χ0n) is 15.1. The molecule has 6 nitrogen and oxygen atoms in total. The van der Waals surface area contributed by atoms with Crippen molar-refractivity contribution in [1.29, 1.82) is 0 Å². The van der Waals surface area contributed by atoms with Crippen molar-refractivity contribution in [3.8, 4) is 5.75 Å². The average Bonchev–Trinajstić information content (AvgIpc) is 2.63. The monoisotopic (exact) mass is 348 g/mol. The van der Waals surface area contributed by atoms with E-state index in [-0.39, 0.29) is 24.5 Å². The molecule has 25 heavy (non-hydrogen) atoms. The van der Waals surface area contributed by atoms with Crippen LogP contribution in [-0.2, 0) is 16.0 Å². The van der Waals surface area contributed by atoms with Crippen LogP contribution >= 0.6 is 0 Å². The van der Waals surface area contributed by atoms with Crippen molar-refractivity contribution < 1.29 is 19.1 Å². The molecular weight excluding hydrogens is 320 g/mol. The summed E-state index contributed by atoms with van der Waals surface area (Å²) in [5, 5.41) is 2.97. The van der Waals surface area contributed by atoms with Crippen LogP contribution in [0.1, 0.15) is 38.2 Å². The standard InChI is InChI=1S/C19H28N2O4/c1-3-25-18(22)14-16-6-4-5-13-21(16)19(23)20-12-11-15-7-9-17(24-2)10-8-15/h7-10,16H,3-6,11-14H2,1-2H3,(H,20,23)/t16-/m0/s1. The third-order valence-electron chi connectivity index (χ3n) is 4.44. The number of hydrogen-bond acceptors (Lipinski definition) is 4. The molecule has 6 heteroatoms. The summed E-state index contributed by atoms with van der Waals surface area (Å²) in [6.45, 7) is 3.42. The second kappa shape index (κ2) is 9.91. The summed E-state index contributed by atoms with van der Waals surface area (Å²) in [7, 11) is 1.64. The summed E-state index contributed by atoms with van der Waals surface area (Å²) >= 11 is 0. The molecule has 1 atom stereocenters. The van der Waals surface area contributed by atoms with E-state index in [1.54, 1.807) is 18.9 Å². The molecule has 1 aliphatic rings. The fourth-order valence-electron chi connectivity index (χ4n) is 3.10. The van der Waals surface area contributed by atoms with Gasteiger partial charge in [-0.05, 0) is 50.3 Å². The highest BCUT2D eigenvalue weighted by Gasteiger charge is 2.28. The summed E-state index contributed by atoms with van der Waals surface area (Å²) in [4.78, 5) is 26.0. The van der Waals surface area contributed by atoms with Crippen LogP contribution in [0.4, 0.5) is 4.79 Å². The molecular formula is C19H28N2O4. The molecule has 2 rings (SSSR count). The highest BCUT2D eigenvalue weighted by atomic mass is 16.5. The summed E-state index contributed by atoms with van der Waals surface area (Å²) in [5.74, 6) is 0.591. The molecule has 0 unspecified atom stereocenters. The molecule has 0 bridgehead atoms. The van der Waals surface area contributed by atoms with Gasteiger partial charge >= 0.3 is 12.0 Å². The maximum absolute atomic E-state index is 12.5. The minimum Gasteiger partial charge on any atom is -0.497 e. The van der Waals surface area contributed by atoms with Gasteiger partial charge in [0, 0.05) is 19.1 Å². The van der Waals surface area contributed by atoms with Gasteiger partial charge in [-0.1, -0.05) is 12.1 Å². The molecule has 1 heterocycles. The van der Waals surface area contributed by atoms with E-state index in [9.17, 15) is 9.59 Å². The Hall–Kier alpha value is -2.24. The van der Waals surface area contributed by atoms with Gasteiger partial charge in [-0.25, -0.2) is 4.79 Å². The van der Waals surface area contributed by atoms with Gasteiger partial charge in [-0.15, -0.1) is 0 Å². The van der Waals surface area contributed by atoms with Crippen LogP contribution in [0.25, 0.3) is 0 Å². The summed E-state index contributed by atoms with van der Waals surface area (Å²) in [6.07, 6.45) is 3.90. The number of nitrogens with zero attached hydrogens (tertiary/aromatic N) is 1. The topological polar surface area (TPSA) is 67.9 Å². The molecule has 1 saturated heterocycles. The fourth-order valence-corrected chi connectivity index (χ4v) is 3.10. The Bertz CT molecular complexity index is 559. The van der Waals surface area contributed by atoms with Gasteiger partial charge in [0.2, 0.25) is 0 Å². The van der Waals surface area contributed by atoms with E-state index < -0.39 is 0 Å². The number of hydrogen-bond donors (Lipinski definition) is 1. The molecule has 0 saturated carbocycles. The normalized spacial score (nSPS) is 17.0. The number of ether oxygens (including phenoxy) is 2. The first-order valence-corrected chi connectivity index (χ1v) is 8.97. The minimum absolute atomic E-state index is 0.0613. The number of piperidine rings is 1. The number of urea groups is 1. The Morgan fingerprint density at radius 3 is 2.68 bits per heavy atom.